The summed E-state index contributed by atoms with van der Waals surface area (Å²) in [5.41, 5.74) is 14.9. The van der Waals surface area contributed by atoms with Crippen molar-refractivity contribution in [1.29, 1.82) is 0 Å². The van der Waals surface area contributed by atoms with Gasteiger partial charge in [0.25, 0.3) is 5.91 Å². The third kappa shape index (κ3) is 5.72. The molecule has 0 radical (unpaired) electrons. The third-order valence-electron chi connectivity index (χ3n) is 7.90. The minimum atomic E-state index is -0.0931. The molecule has 6 rings (SSSR count). The Morgan fingerprint density at radius 1 is 1.24 bits per heavy atom. The van der Waals surface area contributed by atoms with Gasteiger partial charge in [-0.1, -0.05) is 11.2 Å². The number of hydrogen-bond donors (Lipinski definition) is 3. The van der Waals surface area contributed by atoms with Crippen LogP contribution in [-0.4, -0.2) is 66.0 Å². The van der Waals surface area contributed by atoms with Gasteiger partial charge in [-0.25, -0.2) is 4.98 Å². The second-order valence-electron chi connectivity index (χ2n) is 10.7. The maximum atomic E-state index is 13.2. The number of carbonyl (C=O) groups is 1. The minimum Gasteiger partial charge on any atom is -0.386 e. The Kier molecular flexibility index (Phi) is 7.78. The van der Waals surface area contributed by atoms with Gasteiger partial charge >= 0.3 is 0 Å². The van der Waals surface area contributed by atoms with Crippen molar-refractivity contribution in [2.24, 2.45) is 5.11 Å². The number of nitrogens with zero attached hydrogens (tertiary/aromatic N) is 7. The standard InChI is InChI=1S/C29H34N10OS/c1-18-3-7-23-26(31-2)27(41-29(23)35-18)28(40)32-10-9-19-4-8-25(38-16-21-5-6-22(17-38)36-21)24(13-19)20-14-34-39(15-20)12-11-33-37-30/h3-4,7-8,13-15,21-22,31,36H,5-6,9-12,16-17H2,1-2H3,(H,32,40). The van der Waals surface area contributed by atoms with Crippen LogP contribution in [0.3, 0.4) is 0 Å². The fourth-order valence-electron chi connectivity index (χ4n) is 5.94. The van der Waals surface area contributed by atoms with Crippen molar-refractivity contribution >= 4 is 38.8 Å². The smallest absolute Gasteiger partial charge is 0.263 e. The van der Waals surface area contributed by atoms with Crippen LogP contribution in [0.1, 0.15) is 33.8 Å². The van der Waals surface area contributed by atoms with Crippen LogP contribution in [0.4, 0.5) is 11.4 Å². The quantitative estimate of drug-likeness (QED) is 0.143. The predicted octanol–water partition coefficient (Wildman–Crippen LogP) is 4.73. The highest BCUT2D eigenvalue weighted by Crippen LogP contribution is 2.36. The molecule has 5 heterocycles. The number of piperazine rings is 1. The molecule has 2 bridgehead atoms. The highest BCUT2D eigenvalue weighted by atomic mass is 32.1. The van der Waals surface area contributed by atoms with Gasteiger partial charge in [-0.15, -0.1) is 11.3 Å². The molecule has 3 aromatic heterocycles. The second-order valence-corrected chi connectivity index (χ2v) is 11.7. The number of anilines is 2. The minimum absolute atomic E-state index is 0.0931. The zero-order valence-corrected chi connectivity index (χ0v) is 24.1. The van der Waals surface area contributed by atoms with E-state index < -0.39 is 0 Å². The zero-order chi connectivity index (χ0) is 28.3. The van der Waals surface area contributed by atoms with E-state index in [1.54, 1.807) is 0 Å². The largest absolute Gasteiger partial charge is 0.386 e. The van der Waals surface area contributed by atoms with Gasteiger partial charge in [0.1, 0.15) is 9.71 Å². The molecule has 0 spiro atoms. The van der Waals surface area contributed by atoms with Gasteiger partial charge in [-0.3, -0.25) is 9.48 Å². The Morgan fingerprint density at radius 2 is 2.07 bits per heavy atom. The van der Waals surface area contributed by atoms with E-state index in [1.807, 2.05) is 43.2 Å². The molecule has 41 heavy (non-hydrogen) atoms. The van der Waals surface area contributed by atoms with E-state index in [4.69, 9.17) is 5.53 Å². The molecule has 1 aromatic carbocycles. The molecule has 212 valence electrons. The van der Waals surface area contributed by atoms with E-state index in [0.717, 1.165) is 51.4 Å². The van der Waals surface area contributed by atoms with E-state index >= 15 is 0 Å². The molecular weight excluding hydrogens is 536 g/mol. The number of nitrogens with one attached hydrogen (secondary N) is 3. The molecule has 2 aliphatic heterocycles. The molecule has 2 fully saturated rings. The van der Waals surface area contributed by atoms with Crippen LogP contribution < -0.4 is 20.9 Å². The third-order valence-corrected chi connectivity index (χ3v) is 9.00. The topological polar surface area (TPSA) is 136 Å². The van der Waals surface area contributed by atoms with Crippen LogP contribution in [-0.2, 0) is 13.0 Å². The normalized spacial score (nSPS) is 18.0. The number of thiophene rings is 1. The number of aryl methyl sites for hydroxylation is 1. The van der Waals surface area contributed by atoms with Crippen molar-refractivity contribution < 1.29 is 4.79 Å². The first-order valence-corrected chi connectivity index (χ1v) is 14.9. The lowest BCUT2D eigenvalue weighted by Gasteiger charge is -2.36. The number of aromatic nitrogens is 3. The van der Waals surface area contributed by atoms with Gasteiger partial charge in [0.2, 0.25) is 0 Å². The number of amides is 1. The number of rotatable bonds is 10. The maximum absolute atomic E-state index is 13.2. The Hall–Kier alpha value is -4.12. The van der Waals surface area contributed by atoms with Gasteiger partial charge in [-0.2, -0.15) is 5.10 Å². The molecule has 2 saturated heterocycles. The van der Waals surface area contributed by atoms with Crippen molar-refractivity contribution in [3.63, 3.8) is 0 Å². The summed E-state index contributed by atoms with van der Waals surface area (Å²) in [5, 5.41) is 19.1. The molecule has 2 unspecified atom stereocenters. The molecule has 3 N–H and O–H groups in total. The van der Waals surface area contributed by atoms with Crippen LogP contribution >= 0.6 is 11.3 Å². The Labute approximate surface area is 242 Å². The highest BCUT2D eigenvalue weighted by molar-refractivity contribution is 7.21. The van der Waals surface area contributed by atoms with Crippen molar-refractivity contribution in [2.45, 2.75) is 44.8 Å². The van der Waals surface area contributed by atoms with Crippen molar-refractivity contribution in [3.8, 4) is 11.1 Å². The first-order valence-electron chi connectivity index (χ1n) is 14.1. The molecule has 2 aliphatic rings. The second kappa shape index (κ2) is 11.8. The lowest BCUT2D eigenvalue weighted by Crippen LogP contribution is -2.51. The molecule has 2 atom stereocenters. The van der Waals surface area contributed by atoms with Crippen LogP contribution in [0.5, 0.6) is 0 Å². The van der Waals surface area contributed by atoms with Crippen molar-refractivity contribution in [3.05, 3.63) is 69.3 Å². The van der Waals surface area contributed by atoms with Crippen molar-refractivity contribution in [1.82, 2.24) is 25.4 Å². The maximum Gasteiger partial charge on any atom is 0.263 e. The fraction of sp³-hybridized carbons (Fsp3) is 0.414. The zero-order valence-electron chi connectivity index (χ0n) is 23.3. The first-order chi connectivity index (χ1) is 20.0. The molecule has 11 nitrogen and oxygen atoms in total. The summed E-state index contributed by atoms with van der Waals surface area (Å²) in [6.07, 6.45) is 7.04. The molecule has 1 amide bonds. The molecular formula is C29H34N10OS. The van der Waals surface area contributed by atoms with Gasteiger partial charge in [0.15, 0.2) is 0 Å². The van der Waals surface area contributed by atoms with Crippen molar-refractivity contribution in [2.75, 3.05) is 43.4 Å². The van der Waals surface area contributed by atoms with Crippen LogP contribution in [0, 0.1) is 6.92 Å². The summed E-state index contributed by atoms with van der Waals surface area (Å²) in [6.45, 7) is 5.34. The first kappa shape index (κ1) is 27.1. The lowest BCUT2D eigenvalue weighted by molar-refractivity contribution is 0.0959. The number of carbonyl (C=O) groups excluding carboxylic acids is 1. The van der Waals surface area contributed by atoms with Crippen LogP contribution in [0.2, 0.25) is 0 Å². The Bertz CT molecular complexity index is 1610. The number of benzene rings is 1. The monoisotopic (exact) mass is 570 g/mol. The molecule has 0 aliphatic carbocycles. The van der Waals surface area contributed by atoms with E-state index in [9.17, 15) is 4.79 Å². The summed E-state index contributed by atoms with van der Waals surface area (Å²) in [5.74, 6) is -0.0931. The lowest BCUT2D eigenvalue weighted by atomic mass is 10.00. The van der Waals surface area contributed by atoms with Gasteiger partial charge in [0.05, 0.1) is 11.9 Å². The average Bonchev–Trinajstić information content (AvgIpc) is 3.69. The molecule has 4 aromatic rings. The van der Waals surface area contributed by atoms with Crippen LogP contribution in [0.15, 0.2) is 47.8 Å². The number of fused-ring (bicyclic) bond motifs is 3. The summed E-state index contributed by atoms with van der Waals surface area (Å²) < 4.78 is 1.82. The summed E-state index contributed by atoms with van der Waals surface area (Å²) in [7, 11) is 1.84. The van der Waals surface area contributed by atoms with Gasteiger partial charge in [-0.05, 0) is 61.5 Å². The van der Waals surface area contributed by atoms with Gasteiger partial charge in [0, 0.05) is 90.9 Å². The average molecular weight is 571 g/mol. The molecule has 12 heteroatoms. The van der Waals surface area contributed by atoms with Crippen LogP contribution in [0.25, 0.3) is 31.8 Å². The summed E-state index contributed by atoms with van der Waals surface area (Å²) in [4.78, 5) is 24.6. The Balaban J connectivity index is 1.20. The highest BCUT2D eigenvalue weighted by Gasteiger charge is 2.33. The van der Waals surface area contributed by atoms with E-state index in [-0.39, 0.29) is 5.91 Å². The Morgan fingerprint density at radius 3 is 2.85 bits per heavy atom. The number of hydrogen-bond acceptors (Lipinski definition) is 8. The van der Waals surface area contributed by atoms with E-state index in [2.05, 4.69) is 59.2 Å². The van der Waals surface area contributed by atoms with E-state index in [1.165, 1.54) is 29.9 Å². The molecule has 0 saturated carbocycles. The van der Waals surface area contributed by atoms with Gasteiger partial charge < -0.3 is 20.9 Å². The SMILES string of the molecule is CNc1c(C(=O)NCCc2ccc(N3CC4CCC(C3)N4)c(-c3cnn(CCN=[N+]=[N-])c3)c2)sc2nc(C)ccc12. The van der Waals surface area contributed by atoms with E-state index in [0.29, 0.717) is 43.0 Å². The number of azide groups is 1. The fourth-order valence-corrected chi connectivity index (χ4v) is 7.08. The summed E-state index contributed by atoms with van der Waals surface area (Å²) >= 11 is 1.42. The number of pyridine rings is 1. The predicted molar refractivity (Wildman–Crippen MR) is 164 cm³/mol. The summed E-state index contributed by atoms with van der Waals surface area (Å²) in [6, 6.07) is 11.7.